The first-order valence-corrected chi connectivity index (χ1v) is 10.6. The Morgan fingerprint density at radius 3 is 2.54 bits per heavy atom. The topological polar surface area (TPSA) is 75.3 Å². The van der Waals surface area contributed by atoms with E-state index in [1.807, 2.05) is 4.83 Å². The minimum atomic E-state index is -4.42. The van der Waals surface area contributed by atoms with Gasteiger partial charge in [-0.1, -0.05) is 12.8 Å². The van der Waals surface area contributed by atoms with Gasteiger partial charge in [-0.2, -0.15) is 0 Å². The van der Waals surface area contributed by atoms with Gasteiger partial charge in [0.25, 0.3) is 15.9 Å². The van der Waals surface area contributed by atoms with E-state index < -0.39 is 32.5 Å². The van der Waals surface area contributed by atoms with Crippen LogP contribution in [0.25, 0.3) is 0 Å². The second-order valence-electron chi connectivity index (χ2n) is 6.11. The number of carbonyl (C=O) groups excluding carboxylic acids is 1. The minimum Gasteiger partial charge on any atom is -0.273 e. The average Bonchev–Trinajstić information content (AvgIpc) is 2.97. The van der Waals surface area contributed by atoms with Crippen molar-refractivity contribution in [2.45, 2.75) is 43.4 Å². The van der Waals surface area contributed by atoms with Crippen LogP contribution in [0.2, 0.25) is 0 Å². The Bertz CT molecular complexity index is 901. The smallest absolute Gasteiger partial charge is 0.273 e. The van der Waals surface area contributed by atoms with E-state index in [0.29, 0.717) is 17.0 Å². The van der Waals surface area contributed by atoms with Crippen molar-refractivity contribution in [3.8, 4) is 0 Å². The number of hydrogen-bond donors (Lipinski definition) is 2. The molecular weight excluding hydrogens is 382 g/mol. The van der Waals surface area contributed by atoms with Crippen LogP contribution >= 0.6 is 11.3 Å². The quantitative estimate of drug-likeness (QED) is 0.774. The van der Waals surface area contributed by atoms with Crippen molar-refractivity contribution in [1.82, 2.24) is 10.3 Å². The van der Waals surface area contributed by atoms with Crippen LogP contribution in [-0.2, 0) is 22.9 Å². The van der Waals surface area contributed by atoms with E-state index in [0.717, 1.165) is 55.0 Å². The van der Waals surface area contributed by atoms with Gasteiger partial charge in [0, 0.05) is 4.88 Å². The fourth-order valence-electron chi connectivity index (χ4n) is 2.87. The first kappa shape index (κ1) is 18.9. The number of hydrogen-bond acceptors (Lipinski definition) is 4. The summed E-state index contributed by atoms with van der Waals surface area (Å²) in [6, 6.07) is 3.86. The van der Waals surface area contributed by atoms with Crippen molar-refractivity contribution in [2.75, 3.05) is 0 Å². The molecule has 26 heavy (non-hydrogen) atoms. The second-order valence-corrected chi connectivity index (χ2v) is 8.90. The van der Waals surface area contributed by atoms with Gasteiger partial charge in [0.1, 0.15) is 16.5 Å². The molecule has 0 bridgehead atoms. The zero-order valence-corrected chi connectivity index (χ0v) is 15.5. The molecule has 0 atom stereocenters. The first-order chi connectivity index (χ1) is 12.4. The number of hydrazine groups is 1. The summed E-state index contributed by atoms with van der Waals surface area (Å²) >= 11 is 1.34. The normalized spacial score (nSPS) is 15.0. The summed E-state index contributed by atoms with van der Waals surface area (Å²) in [4.78, 5) is 14.8. The van der Waals surface area contributed by atoms with Crippen LogP contribution in [-0.4, -0.2) is 14.3 Å². The molecule has 0 unspecified atom stereocenters. The number of fused-ring (bicyclic) bond motifs is 1. The van der Waals surface area contributed by atoms with Gasteiger partial charge in [0.05, 0.1) is 4.88 Å². The van der Waals surface area contributed by atoms with Crippen LogP contribution in [0, 0.1) is 11.6 Å². The Hall–Kier alpha value is -1.84. The van der Waals surface area contributed by atoms with Crippen LogP contribution in [0.5, 0.6) is 0 Å². The molecule has 0 fully saturated rings. The maximum Gasteiger partial charge on any atom is 0.276 e. The van der Waals surface area contributed by atoms with E-state index in [9.17, 15) is 22.0 Å². The van der Waals surface area contributed by atoms with E-state index in [2.05, 4.69) is 5.43 Å². The molecule has 3 rings (SSSR count). The summed E-state index contributed by atoms with van der Waals surface area (Å²) in [5.74, 6) is -2.62. The lowest BCUT2D eigenvalue weighted by Crippen LogP contribution is -2.41. The molecule has 5 nitrogen and oxygen atoms in total. The molecule has 1 aliphatic carbocycles. The molecule has 0 radical (unpaired) electrons. The van der Waals surface area contributed by atoms with Gasteiger partial charge in [-0.15, -0.1) is 16.2 Å². The summed E-state index contributed by atoms with van der Waals surface area (Å²) in [6.45, 7) is 0. The minimum absolute atomic E-state index is 0.388. The highest BCUT2D eigenvalue weighted by atomic mass is 32.2. The Morgan fingerprint density at radius 1 is 1.04 bits per heavy atom. The largest absolute Gasteiger partial charge is 0.276 e. The lowest BCUT2D eigenvalue weighted by molar-refractivity contribution is 0.0949. The number of sulfonamides is 1. The maximum atomic E-state index is 13.6. The molecule has 2 N–H and O–H groups in total. The Labute approximate surface area is 154 Å². The lowest BCUT2D eigenvalue weighted by Gasteiger charge is -2.08. The van der Waals surface area contributed by atoms with Crippen molar-refractivity contribution in [3.05, 3.63) is 51.2 Å². The Morgan fingerprint density at radius 2 is 1.77 bits per heavy atom. The molecule has 0 aliphatic heterocycles. The van der Waals surface area contributed by atoms with Gasteiger partial charge in [0.15, 0.2) is 0 Å². The molecule has 2 aromatic rings. The fourth-order valence-corrected chi connectivity index (χ4v) is 4.95. The van der Waals surface area contributed by atoms with Crippen LogP contribution in [0.4, 0.5) is 8.78 Å². The van der Waals surface area contributed by atoms with E-state index in [4.69, 9.17) is 0 Å². The summed E-state index contributed by atoms with van der Waals surface area (Å²) in [5.41, 5.74) is 3.19. The number of benzene rings is 1. The van der Waals surface area contributed by atoms with Gasteiger partial charge in [0.2, 0.25) is 0 Å². The molecule has 1 heterocycles. The highest BCUT2D eigenvalue weighted by Crippen LogP contribution is 2.28. The highest BCUT2D eigenvalue weighted by molar-refractivity contribution is 7.89. The van der Waals surface area contributed by atoms with Crippen molar-refractivity contribution in [1.29, 1.82) is 0 Å². The number of carbonyl (C=O) groups is 1. The molecule has 0 saturated heterocycles. The van der Waals surface area contributed by atoms with Crippen LogP contribution in [0.3, 0.4) is 0 Å². The Kier molecular flexibility index (Phi) is 5.69. The van der Waals surface area contributed by atoms with Gasteiger partial charge < -0.3 is 0 Å². The molecular formula is C17H18F2N2O3S2. The third-order valence-corrected chi connectivity index (χ3v) is 6.70. The SMILES string of the molecule is O=C(NNS(=O)(=O)c1cc(F)ccc1F)c1cc2c(s1)CCCCCC2. The Balaban J connectivity index is 1.72. The summed E-state index contributed by atoms with van der Waals surface area (Å²) in [7, 11) is -4.42. The van der Waals surface area contributed by atoms with E-state index in [-0.39, 0.29) is 0 Å². The molecule has 9 heteroatoms. The van der Waals surface area contributed by atoms with Gasteiger partial charge >= 0.3 is 0 Å². The molecule has 1 aromatic carbocycles. The molecule has 1 amide bonds. The van der Waals surface area contributed by atoms with E-state index in [1.165, 1.54) is 11.3 Å². The van der Waals surface area contributed by atoms with Crippen molar-refractivity contribution >= 4 is 27.3 Å². The lowest BCUT2D eigenvalue weighted by atomic mass is 10.00. The molecule has 1 aliphatic rings. The molecule has 1 aromatic heterocycles. The number of thiophene rings is 1. The molecule has 0 saturated carbocycles. The summed E-state index contributed by atoms with van der Waals surface area (Å²) in [6.07, 6.45) is 6.27. The zero-order valence-electron chi connectivity index (χ0n) is 13.8. The maximum absolute atomic E-state index is 13.6. The third kappa shape index (κ3) is 4.28. The van der Waals surface area contributed by atoms with Crippen LogP contribution < -0.4 is 10.3 Å². The summed E-state index contributed by atoms with van der Waals surface area (Å²) in [5, 5.41) is 0. The zero-order chi connectivity index (χ0) is 18.7. The predicted octanol–water partition coefficient (Wildman–Crippen LogP) is 3.31. The van der Waals surface area contributed by atoms with Crippen LogP contribution in [0.1, 0.15) is 45.8 Å². The predicted molar refractivity (Wildman–Crippen MR) is 94.3 cm³/mol. The number of rotatable bonds is 4. The third-order valence-electron chi connectivity index (χ3n) is 4.20. The fraction of sp³-hybridized carbons (Fsp3) is 0.353. The van der Waals surface area contributed by atoms with Gasteiger partial charge in [-0.3, -0.25) is 10.2 Å². The molecule has 0 spiro atoms. The van der Waals surface area contributed by atoms with Gasteiger partial charge in [-0.25, -0.2) is 17.2 Å². The monoisotopic (exact) mass is 400 g/mol. The first-order valence-electron chi connectivity index (χ1n) is 8.25. The van der Waals surface area contributed by atoms with Crippen LogP contribution in [0.15, 0.2) is 29.2 Å². The van der Waals surface area contributed by atoms with Crippen molar-refractivity contribution in [3.63, 3.8) is 0 Å². The number of nitrogens with one attached hydrogen (secondary N) is 2. The van der Waals surface area contributed by atoms with E-state index in [1.54, 1.807) is 6.07 Å². The van der Waals surface area contributed by atoms with E-state index >= 15 is 0 Å². The summed E-state index contributed by atoms with van der Waals surface area (Å²) < 4.78 is 51.0. The number of aryl methyl sites for hydroxylation is 2. The highest BCUT2D eigenvalue weighted by Gasteiger charge is 2.22. The average molecular weight is 400 g/mol. The number of halogens is 2. The molecule has 140 valence electrons. The standard InChI is InChI=1S/C17H18F2N2O3S2/c18-12-7-8-13(19)16(10-12)26(23,24)21-20-17(22)15-9-11-5-3-1-2-4-6-14(11)25-15/h7-10,21H,1-6H2,(H,20,22). The van der Waals surface area contributed by atoms with Crippen molar-refractivity contribution < 1.29 is 22.0 Å². The number of amides is 1. The van der Waals surface area contributed by atoms with Gasteiger partial charge in [-0.05, 0) is 55.5 Å². The second kappa shape index (κ2) is 7.81. The van der Waals surface area contributed by atoms with Crippen molar-refractivity contribution in [2.24, 2.45) is 0 Å².